The zero-order valence-corrected chi connectivity index (χ0v) is 16.1. The number of benzene rings is 1. The van der Waals surface area contributed by atoms with Gasteiger partial charge in [-0.2, -0.15) is 13.2 Å². The van der Waals surface area contributed by atoms with Crippen LogP contribution >= 0.6 is 15.9 Å². The average molecular weight is 447 g/mol. The standard InChI is InChI=1S/C14H18BrF3N2O4S/c1-13(2,3)24-12(21)19-6-7-20-25(22,23)9-4-5-11(15)10(8-9)14(16,17)18/h4-5,8,20H,6-7H2,1-3H3,(H,19,21). The van der Waals surface area contributed by atoms with Gasteiger partial charge in [-0.15, -0.1) is 0 Å². The second-order valence-electron chi connectivity index (χ2n) is 5.97. The molecule has 0 aliphatic carbocycles. The molecule has 0 fully saturated rings. The Morgan fingerprint density at radius 3 is 2.32 bits per heavy atom. The maximum atomic E-state index is 12.8. The lowest BCUT2D eigenvalue weighted by atomic mass is 10.2. The smallest absolute Gasteiger partial charge is 0.417 e. The molecule has 0 aliphatic rings. The van der Waals surface area contributed by atoms with E-state index in [0.717, 1.165) is 12.1 Å². The van der Waals surface area contributed by atoms with E-state index >= 15 is 0 Å². The zero-order chi connectivity index (χ0) is 19.5. The largest absolute Gasteiger partial charge is 0.444 e. The summed E-state index contributed by atoms with van der Waals surface area (Å²) in [4.78, 5) is 10.9. The maximum absolute atomic E-state index is 12.8. The van der Waals surface area contributed by atoms with E-state index in [2.05, 4.69) is 26.0 Å². The molecular formula is C14H18BrF3N2O4S. The Balaban J connectivity index is 2.70. The van der Waals surface area contributed by atoms with Crippen LogP contribution in [0.1, 0.15) is 26.3 Å². The van der Waals surface area contributed by atoms with Gasteiger partial charge in [0, 0.05) is 17.6 Å². The van der Waals surface area contributed by atoms with Gasteiger partial charge in [0.25, 0.3) is 0 Å². The van der Waals surface area contributed by atoms with Crippen LogP contribution in [0.2, 0.25) is 0 Å². The van der Waals surface area contributed by atoms with Crippen LogP contribution in [0.5, 0.6) is 0 Å². The highest BCUT2D eigenvalue weighted by Gasteiger charge is 2.34. The molecule has 1 aromatic rings. The number of alkyl carbamates (subject to hydrolysis) is 1. The van der Waals surface area contributed by atoms with Gasteiger partial charge in [0.15, 0.2) is 0 Å². The van der Waals surface area contributed by atoms with Crippen molar-refractivity contribution in [3.05, 3.63) is 28.2 Å². The quantitative estimate of drug-likeness (QED) is 0.679. The number of rotatable bonds is 5. The van der Waals surface area contributed by atoms with E-state index in [0.29, 0.717) is 6.07 Å². The zero-order valence-electron chi connectivity index (χ0n) is 13.7. The van der Waals surface area contributed by atoms with Gasteiger partial charge in [-0.25, -0.2) is 17.9 Å². The Labute approximate surface area is 152 Å². The van der Waals surface area contributed by atoms with E-state index in [9.17, 15) is 26.4 Å². The van der Waals surface area contributed by atoms with Crippen LogP contribution in [0.4, 0.5) is 18.0 Å². The lowest BCUT2D eigenvalue weighted by Crippen LogP contribution is -2.37. The summed E-state index contributed by atoms with van der Waals surface area (Å²) < 4.78 is 69.5. The Morgan fingerprint density at radius 2 is 1.80 bits per heavy atom. The molecule has 142 valence electrons. The average Bonchev–Trinajstić information content (AvgIpc) is 2.40. The van der Waals surface area contributed by atoms with Crippen LogP contribution in [-0.2, 0) is 20.9 Å². The molecule has 0 spiro atoms. The molecule has 0 saturated carbocycles. The Kier molecular flexibility index (Phi) is 6.88. The van der Waals surface area contributed by atoms with E-state index < -0.39 is 38.4 Å². The number of halogens is 4. The fourth-order valence-electron chi connectivity index (χ4n) is 1.64. The highest BCUT2D eigenvalue weighted by Crippen LogP contribution is 2.36. The lowest BCUT2D eigenvalue weighted by Gasteiger charge is -2.19. The van der Waals surface area contributed by atoms with E-state index in [1.807, 2.05) is 0 Å². The van der Waals surface area contributed by atoms with Crippen LogP contribution in [0, 0.1) is 0 Å². The van der Waals surface area contributed by atoms with Gasteiger partial charge < -0.3 is 10.1 Å². The molecule has 1 rings (SSSR count). The SMILES string of the molecule is CC(C)(C)OC(=O)NCCNS(=O)(=O)c1ccc(Br)c(C(F)(F)F)c1. The van der Waals surface area contributed by atoms with E-state index in [-0.39, 0.29) is 17.6 Å². The van der Waals surface area contributed by atoms with Crippen molar-refractivity contribution in [3.8, 4) is 0 Å². The number of sulfonamides is 1. The Morgan fingerprint density at radius 1 is 1.20 bits per heavy atom. The number of carbonyl (C=O) groups excluding carboxylic acids is 1. The van der Waals surface area contributed by atoms with Gasteiger partial charge in [-0.05, 0) is 39.0 Å². The van der Waals surface area contributed by atoms with Crippen LogP contribution < -0.4 is 10.0 Å². The number of carbonyl (C=O) groups is 1. The van der Waals surface area contributed by atoms with Gasteiger partial charge in [0.1, 0.15) is 5.60 Å². The van der Waals surface area contributed by atoms with Crippen molar-refractivity contribution in [2.24, 2.45) is 0 Å². The molecule has 25 heavy (non-hydrogen) atoms. The molecular weight excluding hydrogens is 429 g/mol. The number of alkyl halides is 3. The summed E-state index contributed by atoms with van der Waals surface area (Å²) in [5.74, 6) is 0. The van der Waals surface area contributed by atoms with Crippen molar-refractivity contribution in [2.45, 2.75) is 37.4 Å². The molecule has 0 radical (unpaired) electrons. The predicted octanol–water partition coefficient (Wildman–Crippen LogP) is 3.27. The summed E-state index contributed by atoms with van der Waals surface area (Å²) in [6.45, 7) is 4.71. The monoisotopic (exact) mass is 446 g/mol. The van der Waals surface area contributed by atoms with E-state index in [1.54, 1.807) is 20.8 Å². The Hall–Kier alpha value is -1.33. The van der Waals surface area contributed by atoms with Crippen molar-refractivity contribution < 1.29 is 31.1 Å². The third kappa shape index (κ3) is 7.20. The molecule has 2 N–H and O–H groups in total. The van der Waals surface area contributed by atoms with Crippen molar-refractivity contribution in [1.29, 1.82) is 0 Å². The minimum absolute atomic E-state index is 0.0865. The molecule has 0 unspecified atom stereocenters. The lowest BCUT2D eigenvalue weighted by molar-refractivity contribution is -0.138. The summed E-state index contributed by atoms with van der Waals surface area (Å²) in [5, 5.41) is 2.33. The summed E-state index contributed by atoms with van der Waals surface area (Å²) in [5.41, 5.74) is -1.79. The van der Waals surface area contributed by atoms with Gasteiger partial charge in [-0.3, -0.25) is 0 Å². The third-order valence-electron chi connectivity index (χ3n) is 2.64. The van der Waals surface area contributed by atoms with Crippen LogP contribution in [-0.4, -0.2) is 33.2 Å². The third-order valence-corrected chi connectivity index (χ3v) is 4.79. The second kappa shape index (κ2) is 7.92. The van der Waals surface area contributed by atoms with Gasteiger partial charge in [0.2, 0.25) is 10.0 Å². The first-order valence-corrected chi connectivity index (χ1v) is 9.33. The summed E-state index contributed by atoms with van der Waals surface area (Å²) in [6, 6.07) is 2.59. The van der Waals surface area contributed by atoms with Crippen molar-refractivity contribution in [1.82, 2.24) is 10.0 Å². The molecule has 0 aromatic heterocycles. The number of ether oxygens (including phenoxy) is 1. The van der Waals surface area contributed by atoms with Crippen molar-refractivity contribution in [3.63, 3.8) is 0 Å². The molecule has 0 bridgehead atoms. The first-order chi connectivity index (χ1) is 11.2. The fourth-order valence-corrected chi connectivity index (χ4v) is 3.17. The predicted molar refractivity (Wildman–Crippen MR) is 88.6 cm³/mol. The Bertz CT molecular complexity index is 731. The van der Waals surface area contributed by atoms with Gasteiger partial charge >= 0.3 is 12.3 Å². The van der Waals surface area contributed by atoms with Crippen LogP contribution in [0.3, 0.4) is 0 Å². The van der Waals surface area contributed by atoms with E-state index in [4.69, 9.17) is 4.74 Å². The van der Waals surface area contributed by atoms with Gasteiger partial charge in [-0.1, -0.05) is 15.9 Å². The first kappa shape index (κ1) is 21.7. The second-order valence-corrected chi connectivity index (χ2v) is 8.59. The molecule has 0 heterocycles. The molecule has 11 heteroatoms. The number of hydrogen-bond acceptors (Lipinski definition) is 4. The highest BCUT2D eigenvalue weighted by atomic mass is 79.9. The topological polar surface area (TPSA) is 84.5 Å². The van der Waals surface area contributed by atoms with Gasteiger partial charge in [0.05, 0.1) is 10.5 Å². The minimum Gasteiger partial charge on any atom is -0.444 e. The summed E-state index contributed by atoms with van der Waals surface area (Å²) in [7, 11) is -4.16. The van der Waals surface area contributed by atoms with Crippen LogP contribution in [0.15, 0.2) is 27.6 Å². The number of amides is 1. The molecule has 0 aliphatic heterocycles. The first-order valence-electron chi connectivity index (χ1n) is 7.06. The number of hydrogen-bond donors (Lipinski definition) is 2. The fraction of sp³-hybridized carbons (Fsp3) is 0.500. The summed E-state index contributed by atoms with van der Waals surface area (Å²) >= 11 is 2.74. The summed E-state index contributed by atoms with van der Waals surface area (Å²) in [6.07, 6.45) is -5.42. The molecule has 0 saturated heterocycles. The van der Waals surface area contributed by atoms with E-state index in [1.165, 1.54) is 0 Å². The molecule has 0 atom stereocenters. The normalized spacial score (nSPS) is 12.8. The highest BCUT2D eigenvalue weighted by molar-refractivity contribution is 9.10. The number of nitrogens with one attached hydrogen (secondary N) is 2. The van der Waals surface area contributed by atoms with Crippen molar-refractivity contribution >= 4 is 32.0 Å². The molecule has 1 aromatic carbocycles. The molecule has 6 nitrogen and oxygen atoms in total. The van der Waals surface area contributed by atoms with Crippen molar-refractivity contribution in [2.75, 3.05) is 13.1 Å². The maximum Gasteiger partial charge on any atom is 0.417 e. The minimum atomic E-state index is -4.69. The molecule has 1 amide bonds. The van der Waals surface area contributed by atoms with Crippen LogP contribution in [0.25, 0.3) is 0 Å².